The third kappa shape index (κ3) is 1.42. The van der Waals surface area contributed by atoms with Gasteiger partial charge in [-0.25, -0.2) is 4.39 Å². The van der Waals surface area contributed by atoms with Gasteiger partial charge in [-0.15, -0.1) is 0 Å². The lowest BCUT2D eigenvalue weighted by molar-refractivity contribution is 0.579. The Bertz CT molecular complexity index is 467. The third-order valence-electron chi connectivity index (χ3n) is 1.91. The van der Waals surface area contributed by atoms with Crippen molar-refractivity contribution >= 4 is 21.6 Å². The van der Waals surface area contributed by atoms with Crippen LogP contribution in [0, 0.1) is 5.82 Å². The van der Waals surface area contributed by atoms with Gasteiger partial charge in [0, 0.05) is 5.56 Å². The van der Waals surface area contributed by atoms with Crippen LogP contribution in [0.5, 0.6) is 0 Å². The molecule has 0 spiro atoms. The first-order valence-corrected chi connectivity index (χ1v) is 4.77. The number of halogens is 2. The highest BCUT2D eigenvalue weighted by Gasteiger charge is 2.12. The molecule has 0 aliphatic heterocycles. The maximum absolute atomic E-state index is 13.1. The minimum absolute atomic E-state index is 0.100. The second-order valence-electron chi connectivity index (χ2n) is 2.80. The number of anilines is 1. The van der Waals surface area contributed by atoms with Crippen LogP contribution in [0.4, 0.5) is 10.1 Å². The first-order chi connectivity index (χ1) is 6.70. The zero-order valence-corrected chi connectivity index (χ0v) is 8.71. The Labute approximate surface area is 88.7 Å². The molecule has 72 valence electrons. The predicted octanol–water partition coefficient (Wildman–Crippen LogP) is 3.43. The molecule has 14 heavy (non-hydrogen) atoms. The molecule has 1 aromatic heterocycles. The number of nitrogens with two attached hydrogens (primary N) is 1. The van der Waals surface area contributed by atoms with Crippen LogP contribution in [0.15, 0.2) is 39.4 Å². The first kappa shape index (κ1) is 9.27. The average Bonchev–Trinajstić information content (AvgIpc) is 2.57. The maximum Gasteiger partial charge on any atom is 0.150 e. The van der Waals surface area contributed by atoms with Gasteiger partial charge >= 0.3 is 0 Å². The Hall–Kier alpha value is -1.29. The highest BCUT2D eigenvalue weighted by molar-refractivity contribution is 9.10. The van der Waals surface area contributed by atoms with Crippen molar-refractivity contribution in [1.29, 1.82) is 0 Å². The Morgan fingerprint density at radius 1 is 1.29 bits per heavy atom. The molecule has 4 heteroatoms. The summed E-state index contributed by atoms with van der Waals surface area (Å²) in [6.07, 6.45) is 1.52. The summed E-state index contributed by atoms with van der Waals surface area (Å²) in [5, 5.41) is 0. The minimum Gasteiger partial charge on any atom is -0.463 e. The van der Waals surface area contributed by atoms with Crippen LogP contribution in [-0.2, 0) is 0 Å². The number of nitrogen functional groups attached to an aromatic ring is 1. The molecule has 2 nitrogen and oxygen atoms in total. The highest BCUT2D eigenvalue weighted by atomic mass is 79.9. The molecular formula is C10H7BrFNO. The van der Waals surface area contributed by atoms with Crippen molar-refractivity contribution in [3.8, 4) is 11.3 Å². The minimum atomic E-state index is -0.439. The van der Waals surface area contributed by atoms with Crippen LogP contribution >= 0.6 is 15.9 Å². The largest absolute Gasteiger partial charge is 0.463 e. The number of hydrogen-bond acceptors (Lipinski definition) is 2. The van der Waals surface area contributed by atoms with Crippen LogP contribution in [-0.4, -0.2) is 0 Å². The average molecular weight is 256 g/mol. The van der Waals surface area contributed by atoms with E-state index in [0.717, 1.165) is 4.47 Å². The SMILES string of the molecule is Nc1c(F)cccc1-c1occc1Br. The van der Waals surface area contributed by atoms with E-state index in [9.17, 15) is 4.39 Å². The summed E-state index contributed by atoms with van der Waals surface area (Å²) in [4.78, 5) is 0. The molecule has 0 radical (unpaired) electrons. The molecule has 0 fully saturated rings. The smallest absolute Gasteiger partial charge is 0.150 e. The molecule has 2 rings (SSSR count). The first-order valence-electron chi connectivity index (χ1n) is 3.97. The van der Waals surface area contributed by atoms with Gasteiger partial charge in [0.2, 0.25) is 0 Å². The van der Waals surface area contributed by atoms with Crippen molar-refractivity contribution in [3.63, 3.8) is 0 Å². The predicted molar refractivity (Wildman–Crippen MR) is 56.2 cm³/mol. The van der Waals surface area contributed by atoms with Crippen LogP contribution in [0.2, 0.25) is 0 Å². The topological polar surface area (TPSA) is 39.2 Å². The Morgan fingerprint density at radius 3 is 2.71 bits per heavy atom. The van der Waals surface area contributed by atoms with Crippen LogP contribution in [0.3, 0.4) is 0 Å². The van der Waals surface area contributed by atoms with Gasteiger partial charge in [0.15, 0.2) is 0 Å². The summed E-state index contributed by atoms with van der Waals surface area (Å²) in [7, 11) is 0. The summed E-state index contributed by atoms with van der Waals surface area (Å²) in [6.45, 7) is 0. The Kier molecular flexibility index (Phi) is 2.29. The summed E-state index contributed by atoms with van der Waals surface area (Å²) >= 11 is 3.29. The normalized spacial score (nSPS) is 10.4. The van der Waals surface area contributed by atoms with Gasteiger partial charge in [-0.2, -0.15) is 0 Å². The van der Waals surface area contributed by atoms with Gasteiger partial charge in [0.1, 0.15) is 11.6 Å². The molecule has 0 aliphatic carbocycles. The number of furan rings is 1. The van der Waals surface area contributed by atoms with E-state index in [1.807, 2.05) is 0 Å². The monoisotopic (exact) mass is 255 g/mol. The highest BCUT2D eigenvalue weighted by Crippen LogP contribution is 2.33. The molecule has 2 N–H and O–H groups in total. The molecule has 1 heterocycles. The van der Waals surface area contributed by atoms with Gasteiger partial charge in [0.25, 0.3) is 0 Å². The summed E-state index contributed by atoms with van der Waals surface area (Å²) < 4.78 is 19.1. The second-order valence-corrected chi connectivity index (χ2v) is 3.65. The number of hydrogen-bond donors (Lipinski definition) is 1. The Morgan fingerprint density at radius 2 is 2.07 bits per heavy atom. The van der Waals surface area contributed by atoms with E-state index >= 15 is 0 Å². The van der Waals surface area contributed by atoms with Crippen LogP contribution in [0.1, 0.15) is 0 Å². The zero-order valence-electron chi connectivity index (χ0n) is 7.13. The standard InChI is InChI=1S/C10H7BrFNO/c11-7-4-5-14-10(7)6-2-1-3-8(12)9(6)13/h1-5H,13H2. The van der Waals surface area contributed by atoms with E-state index in [1.54, 1.807) is 18.2 Å². The lowest BCUT2D eigenvalue weighted by atomic mass is 10.1. The van der Waals surface area contributed by atoms with Crippen molar-refractivity contribution in [1.82, 2.24) is 0 Å². The molecule has 1 aromatic carbocycles. The summed E-state index contributed by atoms with van der Waals surface area (Å²) in [5.74, 6) is 0.104. The van der Waals surface area contributed by atoms with Gasteiger partial charge in [-0.3, -0.25) is 0 Å². The van der Waals surface area contributed by atoms with Crippen molar-refractivity contribution < 1.29 is 8.81 Å². The van der Waals surface area contributed by atoms with Crippen molar-refractivity contribution in [2.45, 2.75) is 0 Å². The molecule has 0 aliphatic rings. The fourth-order valence-corrected chi connectivity index (χ4v) is 1.64. The van der Waals surface area contributed by atoms with E-state index in [2.05, 4.69) is 15.9 Å². The van der Waals surface area contributed by atoms with E-state index in [1.165, 1.54) is 12.3 Å². The van der Waals surface area contributed by atoms with Gasteiger partial charge in [0.05, 0.1) is 16.4 Å². The number of para-hydroxylation sites is 1. The molecule has 0 saturated heterocycles. The van der Waals surface area contributed by atoms with E-state index < -0.39 is 5.82 Å². The maximum atomic E-state index is 13.1. The molecular weight excluding hydrogens is 249 g/mol. The van der Waals surface area contributed by atoms with E-state index in [0.29, 0.717) is 11.3 Å². The quantitative estimate of drug-likeness (QED) is 0.794. The van der Waals surface area contributed by atoms with E-state index in [4.69, 9.17) is 10.2 Å². The lowest BCUT2D eigenvalue weighted by Gasteiger charge is -2.03. The molecule has 2 aromatic rings. The van der Waals surface area contributed by atoms with Crippen molar-refractivity contribution in [2.24, 2.45) is 0 Å². The third-order valence-corrected chi connectivity index (χ3v) is 2.54. The fourth-order valence-electron chi connectivity index (χ4n) is 1.22. The van der Waals surface area contributed by atoms with Gasteiger partial charge in [-0.1, -0.05) is 6.07 Å². The number of rotatable bonds is 1. The van der Waals surface area contributed by atoms with Crippen molar-refractivity contribution in [3.05, 3.63) is 40.8 Å². The summed E-state index contributed by atoms with van der Waals surface area (Å²) in [6, 6.07) is 6.35. The molecule has 0 atom stereocenters. The van der Waals surface area contributed by atoms with E-state index in [-0.39, 0.29) is 5.69 Å². The molecule has 0 bridgehead atoms. The van der Waals surface area contributed by atoms with Crippen molar-refractivity contribution in [2.75, 3.05) is 5.73 Å². The van der Waals surface area contributed by atoms with Gasteiger partial charge in [-0.05, 0) is 34.1 Å². The molecule has 0 saturated carbocycles. The zero-order chi connectivity index (χ0) is 10.1. The second kappa shape index (κ2) is 3.46. The fraction of sp³-hybridized carbons (Fsp3) is 0. The summed E-state index contributed by atoms with van der Waals surface area (Å²) in [5.41, 5.74) is 6.24. The molecule has 0 amide bonds. The Balaban J connectivity index is 2.63. The number of benzene rings is 1. The van der Waals surface area contributed by atoms with Crippen LogP contribution in [0.25, 0.3) is 11.3 Å². The lowest BCUT2D eigenvalue weighted by Crippen LogP contribution is -1.93. The van der Waals surface area contributed by atoms with Gasteiger partial charge < -0.3 is 10.2 Å². The van der Waals surface area contributed by atoms with Crippen LogP contribution < -0.4 is 5.73 Å². The molecule has 0 unspecified atom stereocenters.